The molecule has 0 unspecified atom stereocenters. The third-order valence-electron chi connectivity index (χ3n) is 11.3. The van der Waals surface area contributed by atoms with Gasteiger partial charge < -0.3 is 24.5 Å². The molecule has 54 heavy (non-hydrogen) atoms. The fourth-order valence-electron chi connectivity index (χ4n) is 7.25. The molecular formula is C40H53N5O7S2. The average molecular weight is 780 g/mol. The number of amides is 2. The highest BCUT2D eigenvalue weighted by Gasteiger charge is 2.63. The van der Waals surface area contributed by atoms with Crippen molar-refractivity contribution in [2.75, 3.05) is 27.7 Å². The summed E-state index contributed by atoms with van der Waals surface area (Å²) in [6, 6.07) is 5.62. The van der Waals surface area contributed by atoms with Crippen molar-refractivity contribution in [3.63, 3.8) is 0 Å². The number of benzene rings is 1. The van der Waals surface area contributed by atoms with Gasteiger partial charge in [0.05, 0.1) is 29.0 Å². The number of sulfonamides is 1. The van der Waals surface area contributed by atoms with Crippen LogP contribution in [0.25, 0.3) is 21.6 Å². The molecule has 0 radical (unpaired) electrons. The van der Waals surface area contributed by atoms with Crippen molar-refractivity contribution in [1.82, 2.24) is 24.9 Å². The first-order valence-corrected chi connectivity index (χ1v) is 21.2. The average Bonchev–Trinajstić information content (AvgIpc) is 3.90. The number of thiazole rings is 1. The van der Waals surface area contributed by atoms with Crippen LogP contribution in [0.1, 0.15) is 89.3 Å². The maximum Gasteiger partial charge on any atom is 0.259 e. The Bertz CT molecular complexity index is 2040. The van der Waals surface area contributed by atoms with E-state index in [9.17, 15) is 22.8 Å². The first-order valence-electron chi connectivity index (χ1n) is 18.9. The van der Waals surface area contributed by atoms with E-state index in [1.54, 1.807) is 14.0 Å². The lowest BCUT2D eigenvalue weighted by molar-refractivity contribution is -0.133. The van der Waals surface area contributed by atoms with Gasteiger partial charge in [-0.3, -0.25) is 14.3 Å². The van der Waals surface area contributed by atoms with Crippen LogP contribution in [0.2, 0.25) is 0 Å². The van der Waals surface area contributed by atoms with Crippen LogP contribution in [-0.2, 0) is 24.4 Å². The maximum absolute atomic E-state index is 14.1. The SMILES string of the molecule is COc1ccc2c(O[C@H]3C[C@@H](C=O)[C@H](C(=O)N[C@]4(C(=O)NS(=O)(=O)C5(C)CC5)C[C@H]4/C=C\CCCCN(C)C)C3)cc(-c3nc(C(C)C)cs3)nc2c1C. The van der Waals surface area contributed by atoms with E-state index in [1.807, 2.05) is 56.8 Å². The topological polar surface area (TPSA) is 157 Å². The second kappa shape index (κ2) is 15.7. The number of hydrogen-bond acceptors (Lipinski definition) is 11. The summed E-state index contributed by atoms with van der Waals surface area (Å²) in [5, 5.41) is 6.49. The van der Waals surface area contributed by atoms with Crippen LogP contribution in [0.3, 0.4) is 0 Å². The fourth-order valence-corrected chi connectivity index (χ4v) is 9.51. The maximum atomic E-state index is 14.1. The van der Waals surface area contributed by atoms with E-state index in [-0.39, 0.29) is 24.7 Å². The minimum Gasteiger partial charge on any atom is -0.496 e. The molecule has 3 fully saturated rings. The molecule has 2 amide bonds. The molecule has 292 valence electrons. The van der Waals surface area contributed by atoms with Gasteiger partial charge in [-0.05, 0) is 104 Å². The first-order chi connectivity index (χ1) is 25.6. The van der Waals surface area contributed by atoms with Gasteiger partial charge in [0.1, 0.15) is 40.1 Å². The molecule has 0 saturated heterocycles. The summed E-state index contributed by atoms with van der Waals surface area (Å²) in [7, 11) is 1.74. The summed E-state index contributed by atoms with van der Waals surface area (Å²) in [5.74, 6) is -1.49. The second-order valence-corrected chi connectivity index (χ2v) is 19.1. The van der Waals surface area contributed by atoms with Crippen LogP contribution in [0.4, 0.5) is 0 Å². The number of rotatable bonds is 17. The normalized spacial score (nSPS) is 24.6. The molecule has 6 rings (SSSR count). The number of unbranched alkanes of at least 4 members (excludes halogenated alkanes) is 2. The van der Waals surface area contributed by atoms with E-state index in [2.05, 4.69) is 28.8 Å². The molecule has 2 aromatic heterocycles. The third kappa shape index (κ3) is 8.20. The Balaban J connectivity index is 1.22. The summed E-state index contributed by atoms with van der Waals surface area (Å²) in [5.41, 5.74) is 1.76. The fraction of sp³-hybridized carbons (Fsp3) is 0.575. The molecule has 1 aromatic carbocycles. The van der Waals surface area contributed by atoms with Crippen molar-refractivity contribution in [2.45, 2.75) is 101 Å². The first kappa shape index (κ1) is 39.8. The molecule has 5 atom stereocenters. The van der Waals surface area contributed by atoms with Crippen molar-refractivity contribution in [1.29, 1.82) is 0 Å². The highest BCUT2D eigenvalue weighted by Crippen LogP contribution is 2.48. The van der Waals surface area contributed by atoms with Gasteiger partial charge in [0, 0.05) is 34.2 Å². The molecule has 0 bridgehead atoms. The Morgan fingerprint density at radius 2 is 1.89 bits per heavy atom. The molecule has 3 aromatic rings. The molecule has 3 aliphatic rings. The van der Waals surface area contributed by atoms with E-state index in [0.717, 1.165) is 53.7 Å². The lowest BCUT2D eigenvalue weighted by Gasteiger charge is -2.23. The smallest absolute Gasteiger partial charge is 0.259 e. The summed E-state index contributed by atoms with van der Waals surface area (Å²) >= 11 is 1.51. The molecule has 14 heteroatoms. The lowest BCUT2D eigenvalue weighted by Crippen LogP contribution is -2.54. The summed E-state index contributed by atoms with van der Waals surface area (Å²) in [6.45, 7) is 8.70. The van der Waals surface area contributed by atoms with Gasteiger partial charge in [0.15, 0.2) is 0 Å². The number of aryl methyl sites for hydroxylation is 1. The highest BCUT2D eigenvalue weighted by atomic mass is 32.2. The number of carbonyl (C=O) groups is 3. The van der Waals surface area contributed by atoms with Crippen LogP contribution >= 0.6 is 11.3 Å². The van der Waals surface area contributed by atoms with Crippen molar-refractivity contribution < 1.29 is 32.3 Å². The van der Waals surface area contributed by atoms with Crippen LogP contribution in [0, 0.1) is 24.7 Å². The zero-order valence-electron chi connectivity index (χ0n) is 32.3. The number of hydrogen-bond donors (Lipinski definition) is 2. The van der Waals surface area contributed by atoms with Crippen LogP contribution in [0.15, 0.2) is 35.7 Å². The standard InChI is InChI=1S/C40H53N5O7S2/c1-24(2)32-23-53-37(42-32)31-20-34(29-13-14-33(51-7)25(3)35(29)41-31)52-28-18-26(22-46)30(19-28)36(47)43-40(38(48)44-54(49,50)39(4)15-16-39)21-27(40)12-10-8-9-11-17-45(5)6/h10,12-14,20,22-24,26-28,30H,8-9,11,15-19,21H2,1-7H3,(H,43,47)(H,44,48)/b12-10-/t26-,27+,28-,30+,40+/m0/s1. The molecule has 3 saturated carbocycles. The number of carbonyl (C=O) groups excluding carboxylic acids is 3. The minimum atomic E-state index is -3.93. The number of fused-ring (bicyclic) bond motifs is 1. The van der Waals surface area contributed by atoms with E-state index in [4.69, 9.17) is 19.4 Å². The number of pyridine rings is 1. The van der Waals surface area contributed by atoms with Gasteiger partial charge in [0.25, 0.3) is 5.91 Å². The number of allylic oxidation sites excluding steroid dienone is 1. The molecule has 3 aliphatic carbocycles. The van der Waals surface area contributed by atoms with E-state index in [0.29, 0.717) is 42.0 Å². The van der Waals surface area contributed by atoms with Crippen LogP contribution in [0.5, 0.6) is 11.5 Å². The Labute approximate surface area is 322 Å². The summed E-state index contributed by atoms with van der Waals surface area (Å²) in [4.78, 5) is 52.2. The third-order valence-corrected chi connectivity index (χ3v) is 14.3. The van der Waals surface area contributed by atoms with Crippen molar-refractivity contribution in [2.24, 2.45) is 17.8 Å². The predicted molar refractivity (Wildman–Crippen MR) is 210 cm³/mol. The van der Waals surface area contributed by atoms with Gasteiger partial charge in [-0.1, -0.05) is 26.0 Å². The second-order valence-electron chi connectivity index (χ2n) is 16.0. The van der Waals surface area contributed by atoms with Gasteiger partial charge in [-0.15, -0.1) is 11.3 Å². The summed E-state index contributed by atoms with van der Waals surface area (Å²) < 4.78 is 39.8. The zero-order chi connectivity index (χ0) is 39.0. The minimum absolute atomic E-state index is 0.235. The number of aromatic nitrogens is 2. The Hall–Kier alpha value is -3.88. The van der Waals surface area contributed by atoms with Gasteiger partial charge in [-0.2, -0.15) is 0 Å². The number of methoxy groups -OCH3 is 1. The largest absolute Gasteiger partial charge is 0.496 e. The van der Waals surface area contributed by atoms with E-state index in [1.165, 1.54) is 11.3 Å². The van der Waals surface area contributed by atoms with Gasteiger partial charge in [-0.25, -0.2) is 18.4 Å². The van der Waals surface area contributed by atoms with Crippen molar-refractivity contribution in [3.8, 4) is 22.2 Å². The van der Waals surface area contributed by atoms with Gasteiger partial charge >= 0.3 is 0 Å². The highest BCUT2D eigenvalue weighted by molar-refractivity contribution is 7.91. The van der Waals surface area contributed by atoms with Crippen LogP contribution < -0.4 is 19.5 Å². The Morgan fingerprint density at radius 1 is 1.13 bits per heavy atom. The molecule has 12 nitrogen and oxygen atoms in total. The van der Waals surface area contributed by atoms with Crippen molar-refractivity contribution >= 4 is 50.4 Å². The van der Waals surface area contributed by atoms with Gasteiger partial charge in [0.2, 0.25) is 15.9 Å². The molecule has 0 aliphatic heterocycles. The molecule has 0 spiro atoms. The number of ether oxygens (including phenoxy) is 2. The number of nitrogens with one attached hydrogen (secondary N) is 2. The number of nitrogens with zero attached hydrogens (tertiary/aromatic N) is 3. The Kier molecular flexibility index (Phi) is 11.6. The van der Waals surface area contributed by atoms with Crippen molar-refractivity contribution in [3.05, 3.63) is 47.0 Å². The molecule has 2 N–H and O–H groups in total. The predicted octanol–water partition coefficient (Wildman–Crippen LogP) is 5.93. The number of aldehydes is 1. The molecular weight excluding hydrogens is 727 g/mol. The lowest BCUT2D eigenvalue weighted by atomic mass is 9.96. The quantitative estimate of drug-likeness (QED) is 0.0956. The van der Waals surface area contributed by atoms with Crippen LogP contribution in [-0.4, -0.2) is 85.5 Å². The zero-order valence-corrected chi connectivity index (χ0v) is 33.9. The monoisotopic (exact) mass is 779 g/mol. The Morgan fingerprint density at radius 3 is 2.54 bits per heavy atom. The molecule has 2 heterocycles. The summed E-state index contributed by atoms with van der Waals surface area (Å²) in [6.07, 6.45) is 8.75. The van der Waals surface area contributed by atoms with E-state index >= 15 is 0 Å². The van der Waals surface area contributed by atoms with E-state index < -0.39 is 50.1 Å².